The minimum Gasteiger partial charge on any atom is -0.384 e. The van der Waals surface area contributed by atoms with Gasteiger partial charge >= 0.3 is 0 Å². The van der Waals surface area contributed by atoms with Crippen LogP contribution < -0.4 is 5.32 Å². The van der Waals surface area contributed by atoms with E-state index >= 15 is 0 Å². The molecule has 0 bridgehead atoms. The first-order valence-corrected chi connectivity index (χ1v) is 6.32. The van der Waals surface area contributed by atoms with Crippen LogP contribution >= 0.6 is 0 Å². The molecule has 7 heteroatoms. The molecule has 0 aliphatic heterocycles. The number of hydrogen-bond donors (Lipinski definition) is 2. The Morgan fingerprint density at radius 3 is 3.05 bits per heavy atom. The first kappa shape index (κ1) is 14.7. The van der Waals surface area contributed by atoms with E-state index in [2.05, 4.69) is 32.3 Å². The van der Waals surface area contributed by atoms with E-state index in [1.807, 2.05) is 14.0 Å². The van der Waals surface area contributed by atoms with Gasteiger partial charge in [0.15, 0.2) is 5.82 Å². The number of hydrogen-bond acceptors (Lipinski definition) is 5. The summed E-state index contributed by atoms with van der Waals surface area (Å²) < 4.78 is 1.74. The van der Waals surface area contributed by atoms with Gasteiger partial charge in [0.05, 0.1) is 17.2 Å². The van der Waals surface area contributed by atoms with Crippen LogP contribution in [0.5, 0.6) is 0 Å². The monoisotopic (exact) mass is 285 g/mol. The molecule has 2 aromatic heterocycles. The van der Waals surface area contributed by atoms with Gasteiger partial charge in [-0.3, -0.25) is 9.78 Å². The third-order valence-corrected chi connectivity index (χ3v) is 2.85. The maximum absolute atomic E-state index is 12.3. The molecule has 108 valence electrons. The zero-order valence-electron chi connectivity index (χ0n) is 11.7. The number of carbonyl (C=O) groups excluding carboxylic acids is 1. The molecule has 0 saturated heterocycles. The van der Waals surface area contributed by atoms with Crippen LogP contribution in [0.3, 0.4) is 0 Å². The molecule has 0 spiro atoms. The maximum atomic E-state index is 12.3. The molecular weight excluding hydrogens is 270 g/mol. The molecule has 0 aromatic carbocycles. The summed E-state index contributed by atoms with van der Waals surface area (Å²) in [7, 11) is 1.81. The average molecular weight is 285 g/mol. The average Bonchev–Trinajstić information content (AvgIpc) is 2.91. The summed E-state index contributed by atoms with van der Waals surface area (Å²) in [6.45, 7) is 1.55. The number of aromatic nitrogens is 4. The van der Waals surface area contributed by atoms with E-state index in [1.165, 1.54) is 12.4 Å². The van der Waals surface area contributed by atoms with Crippen LogP contribution in [-0.4, -0.2) is 37.4 Å². The van der Waals surface area contributed by atoms with Gasteiger partial charge < -0.3 is 15.0 Å². The van der Waals surface area contributed by atoms with E-state index in [1.54, 1.807) is 17.0 Å². The first-order chi connectivity index (χ1) is 10.1. The highest BCUT2D eigenvalue weighted by atomic mass is 16.2. The van der Waals surface area contributed by atoms with Crippen molar-refractivity contribution in [2.24, 2.45) is 7.05 Å². The van der Waals surface area contributed by atoms with Crippen LogP contribution in [0.15, 0.2) is 24.8 Å². The molecular formula is C14H15N5O2. The number of carbonyl (C=O) groups is 1. The van der Waals surface area contributed by atoms with Crippen molar-refractivity contribution in [1.82, 2.24) is 25.1 Å². The second kappa shape index (κ2) is 6.63. The van der Waals surface area contributed by atoms with Gasteiger partial charge in [0.25, 0.3) is 5.91 Å². The molecule has 0 saturated carbocycles. The van der Waals surface area contributed by atoms with Gasteiger partial charge in [-0.05, 0) is 13.0 Å². The Bertz CT molecular complexity index is 699. The number of aliphatic hydroxyl groups excluding tert-OH is 1. The van der Waals surface area contributed by atoms with Crippen molar-refractivity contribution in [3.05, 3.63) is 41.7 Å². The fourth-order valence-electron chi connectivity index (χ4n) is 1.85. The van der Waals surface area contributed by atoms with Gasteiger partial charge in [0.2, 0.25) is 0 Å². The highest BCUT2D eigenvalue weighted by Gasteiger charge is 2.17. The highest BCUT2D eigenvalue weighted by molar-refractivity contribution is 5.96. The Labute approximate surface area is 122 Å². The standard InChI is InChI=1S/C14H15N5O2/c1-10(13-18-16-9-19(13)2)17-14(21)12-5-6-15-8-11(12)4-3-7-20/h5-6,8-10,20H,7H2,1-2H3,(H,17,21). The summed E-state index contributed by atoms with van der Waals surface area (Å²) in [4.78, 5) is 16.3. The number of aryl methyl sites for hydroxylation is 1. The maximum Gasteiger partial charge on any atom is 0.253 e. The number of nitrogens with zero attached hydrogens (tertiary/aromatic N) is 4. The lowest BCUT2D eigenvalue weighted by Crippen LogP contribution is -2.29. The molecule has 2 N–H and O–H groups in total. The Morgan fingerprint density at radius 2 is 2.38 bits per heavy atom. The van der Waals surface area contributed by atoms with Gasteiger partial charge in [-0.25, -0.2) is 0 Å². The van der Waals surface area contributed by atoms with Crippen molar-refractivity contribution in [2.75, 3.05) is 6.61 Å². The molecule has 2 heterocycles. The number of rotatable bonds is 3. The molecule has 2 rings (SSSR count). The lowest BCUT2D eigenvalue weighted by atomic mass is 10.1. The Kier molecular flexibility index (Phi) is 4.64. The smallest absolute Gasteiger partial charge is 0.253 e. The van der Waals surface area contributed by atoms with Crippen molar-refractivity contribution in [3.63, 3.8) is 0 Å². The van der Waals surface area contributed by atoms with Crippen molar-refractivity contribution in [1.29, 1.82) is 0 Å². The number of aliphatic hydroxyl groups is 1. The fourth-order valence-corrected chi connectivity index (χ4v) is 1.85. The van der Waals surface area contributed by atoms with E-state index in [9.17, 15) is 4.79 Å². The van der Waals surface area contributed by atoms with Gasteiger partial charge in [0, 0.05) is 19.4 Å². The van der Waals surface area contributed by atoms with Crippen LogP contribution in [0, 0.1) is 11.8 Å². The van der Waals surface area contributed by atoms with Crippen molar-refractivity contribution in [3.8, 4) is 11.8 Å². The summed E-state index contributed by atoms with van der Waals surface area (Å²) >= 11 is 0. The van der Waals surface area contributed by atoms with Crippen LogP contribution in [0.4, 0.5) is 0 Å². The predicted molar refractivity (Wildman–Crippen MR) is 75.1 cm³/mol. The van der Waals surface area contributed by atoms with E-state index in [0.717, 1.165) is 0 Å². The zero-order chi connectivity index (χ0) is 15.2. The van der Waals surface area contributed by atoms with Crippen LogP contribution in [-0.2, 0) is 7.05 Å². The van der Waals surface area contributed by atoms with E-state index in [0.29, 0.717) is 17.0 Å². The molecule has 1 unspecified atom stereocenters. The topological polar surface area (TPSA) is 92.9 Å². The lowest BCUT2D eigenvalue weighted by molar-refractivity contribution is 0.0937. The van der Waals surface area contributed by atoms with Crippen molar-refractivity contribution >= 4 is 5.91 Å². The van der Waals surface area contributed by atoms with Crippen molar-refractivity contribution < 1.29 is 9.90 Å². The summed E-state index contributed by atoms with van der Waals surface area (Å²) in [5, 5.41) is 19.3. The molecule has 1 amide bonds. The number of nitrogens with one attached hydrogen (secondary N) is 1. The molecule has 0 radical (unpaired) electrons. The molecule has 7 nitrogen and oxygen atoms in total. The highest BCUT2D eigenvalue weighted by Crippen LogP contribution is 2.11. The minimum atomic E-state index is -0.295. The Morgan fingerprint density at radius 1 is 1.57 bits per heavy atom. The molecule has 0 aliphatic rings. The molecule has 21 heavy (non-hydrogen) atoms. The van der Waals surface area contributed by atoms with Crippen LogP contribution in [0.25, 0.3) is 0 Å². The third-order valence-electron chi connectivity index (χ3n) is 2.85. The Balaban J connectivity index is 2.19. The van der Waals surface area contributed by atoms with E-state index in [4.69, 9.17) is 5.11 Å². The van der Waals surface area contributed by atoms with Gasteiger partial charge in [0.1, 0.15) is 12.9 Å². The van der Waals surface area contributed by atoms with Gasteiger partial charge in [-0.1, -0.05) is 11.8 Å². The molecule has 1 atom stereocenters. The second-order valence-corrected chi connectivity index (χ2v) is 4.38. The number of pyridine rings is 1. The molecule has 0 fully saturated rings. The predicted octanol–water partition coefficient (Wildman–Crippen LogP) is 0.0449. The lowest BCUT2D eigenvalue weighted by Gasteiger charge is -2.13. The molecule has 2 aromatic rings. The summed E-state index contributed by atoms with van der Waals surface area (Å²) in [6.07, 6.45) is 4.58. The summed E-state index contributed by atoms with van der Waals surface area (Å²) in [6, 6.07) is 1.29. The first-order valence-electron chi connectivity index (χ1n) is 6.32. The van der Waals surface area contributed by atoms with Crippen LogP contribution in [0.1, 0.15) is 34.7 Å². The second-order valence-electron chi connectivity index (χ2n) is 4.38. The summed E-state index contributed by atoms with van der Waals surface area (Å²) in [5.41, 5.74) is 0.870. The van der Waals surface area contributed by atoms with Gasteiger partial charge in [-0.15, -0.1) is 10.2 Å². The Hall–Kier alpha value is -2.72. The summed E-state index contributed by atoms with van der Waals surface area (Å²) in [5.74, 6) is 5.59. The fraction of sp³-hybridized carbons (Fsp3) is 0.286. The van der Waals surface area contributed by atoms with E-state index < -0.39 is 0 Å². The largest absolute Gasteiger partial charge is 0.384 e. The quantitative estimate of drug-likeness (QED) is 0.777. The van der Waals surface area contributed by atoms with E-state index in [-0.39, 0.29) is 18.6 Å². The molecule has 0 aliphatic carbocycles. The number of amides is 1. The van der Waals surface area contributed by atoms with Gasteiger partial charge in [-0.2, -0.15) is 0 Å². The van der Waals surface area contributed by atoms with Crippen LogP contribution in [0.2, 0.25) is 0 Å². The SMILES string of the molecule is CC(NC(=O)c1ccncc1C#CCO)c1nncn1C. The zero-order valence-corrected chi connectivity index (χ0v) is 11.7. The minimum absolute atomic E-state index is 0.273. The normalized spacial score (nSPS) is 11.4. The van der Waals surface area contributed by atoms with Crippen molar-refractivity contribution in [2.45, 2.75) is 13.0 Å². The third kappa shape index (κ3) is 3.43.